The highest BCUT2D eigenvalue weighted by molar-refractivity contribution is 7.71. The van der Waals surface area contributed by atoms with E-state index in [4.69, 9.17) is 26.4 Å². The normalized spacial score (nSPS) is 14.2. The fourth-order valence-electron chi connectivity index (χ4n) is 2.32. The topological polar surface area (TPSA) is 73.7 Å². The molecule has 0 aliphatic heterocycles. The van der Waals surface area contributed by atoms with E-state index in [0.29, 0.717) is 27.9 Å². The molecule has 0 amide bonds. The van der Waals surface area contributed by atoms with E-state index in [2.05, 4.69) is 15.3 Å². The highest BCUT2D eigenvalue weighted by atomic mass is 32.1. The van der Waals surface area contributed by atoms with Crippen LogP contribution in [0.1, 0.15) is 30.1 Å². The predicted molar refractivity (Wildman–Crippen MR) is 88.5 cm³/mol. The van der Waals surface area contributed by atoms with Crippen molar-refractivity contribution in [3.63, 3.8) is 0 Å². The third-order valence-corrected chi connectivity index (χ3v) is 3.89. The third kappa shape index (κ3) is 3.07. The Morgan fingerprint density at radius 1 is 1.22 bits per heavy atom. The minimum atomic E-state index is 0.444. The van der Waals surface area contributed by atoms with Crippen LogP contribution in [0.15, 0.2) is 17.2 Å². The van der Waals surface area contributed by atoms with Crippen LogP contribution in [-0.4, -0.2) is 42.4 Å². The van der Waals surface area contributed by atoms with Gasteiger partial charge in [0.15, 0.2) is 17.3 Å². The van der Waals surface area contributed by atoms with Crippen molar-refractivity contribution in [2.24, 2.45) is 5.10 Å². The highest BCUT2D eigenvalue weighted by Crippen LogP contribution is 2.39. The summed E-state index contributed by atoms with van der Waals surface area (Å²) in [4.78, 5) is 0. The van der Waals surface area contributed by atoms with E-state index in [1.165, 1.54) is 0 Å². The molecule has 0 unspecified atom stereocenters. The second-order valence-electron chi connectivity index (χ2n) is 5.18. The molecule has 1 fully saturated rings. The minimum Gasteiger partial charge on any atom is -0.493 e. The van der Waals surface area contributed by atoms with Crippen molar-refractivity contribution >= 4 is 18.4 Å². The van der Waals surface area contributed by atoms with Gasteiger partial charge in [-0.1, -0.05) is 0 Å². The molecule has 1 aromatic carbocycles. The smallest absolute Gasteiger partial charge is 0.216 e. The van der Waals surface area contributed by atoms with Crippen molar-refractivity contribution in [2.45, 2.75) is 18.8 Å². The summed E-state index contributed by atoms with van der Waals surface area (Å²) in [5.41, 5.74) is 0.810. The summed E-state index contributed by atoms with van der Waals surface area (Å²) < 4.78 is 18.1. The van der Waals surface area contributed by atoms with Crippen LogP contribution in [0.25, 0.3) is 0 Å². The van der Waals surface area contributed by atoms with Crippen LogP contribution < -0.4 is 14.2 Å². The number of ether oxygens (including phenoxy) is 3. The molecule has 0 spiro atoms. The molecule has 1 heterocycles. The van der Waals surface area contributed by atoms with Gasteiger partial charge in [0.1, 0.15) is 0 Å². The van der Waals surface area contributed by atoms with Crippen molar-refractivity contribution in [1.29, 1.82) is 0 Å². The lowest BCUT2D eigenvalue weighted by atomic mass is 10.2. The lowest BCUT2D eigenvalue weighted by molar-refractivity contribution is 0.324. The summed E-state index contributed by atoms with van der Waals surface area (Å²) >= 11 is 5.23. The van der Waals surface area contributed by atoms with Crippen LogP contribution in [-0.2, 0) is 0 Å². The van der Waals surface area contributed by atoms with Gasteiger partial charge in [0.25, 0.3) is 0 Å². The Kier molecular flexibility index (Phi) is 4.33. The molecule has 0 radical (unpaired) electrons. The maximum atomic E-state index is 5.34. The van der Waals surface area contributed by atoms with Gasteiger partial charge in [-0.05, 0) is 37.2 Å². The number of aromatic amines is 1. The molecule has 0 bridgehead atoms. The molecule has 1 aliphatic carbocycles. The Labute approximate surface area is 138 Å². The van der Waals surface area contributed by atoms with Gasteiger partial charge in [0, 0.05) is 11.5 Å². The molecule has 1 N–H and O–H groups in total. The zero-order valence-corrected chi connectivity index (χ0v) is 14.0. The Balaban J connectivity index is 1.96. The Bertz CT molecular complexity index is 767. The molecular weight excluding hydrogens is 316 g/mol. The zero-order valence-electron chi connectivity index (χ0n) is 13.2. The van der Waals surface area contributed by atoms with Gasteiger partial charge in [-0.2, -0.15) is 14.9 Å². The molecule has 0 atom stereocenters. The van der Waals surface area contributed by atoms with Crippen LogP contribution in [0, 0.1) is 4.77 Å². The number of H-pyrrole nitrogens is 1. The van der Waals surface area contributed by atoms with Crippen molar-refractivity contribution < 1.29 is 14.2 Å². The van der Waals surface area contributed by atoms with Crippen molar-refractivity contribution in [3.05, 3.63) is 28.3 Å². The van der Waals surface area contributed by atoms with Crippen molar-refractivity contribution in [1.82, 2.24) is 14.9 Å². The molecular formula is C15H18N4O3S. The first-order valence-corrected chi connectivity index (χ1v) is 7.60. The molecule has 8 heteroatoms. The van der Waals surface area contributed by atoms with E-state index in [1.54, 1.807) is 32.2 Å². The van der Waals surface area contributed by atoms with Gasteiger partial charge in [-0.3, -0.25) is 5.10 Å². The number of nitrogens with zero attached hydrogens (tertiary/aromatic N) is 3. The van der Waals surface area contributed by atoms with Gasteiger partial charge in [-0.25, -0.2) is 0 Å². The third-order valence-electron chi connectivity index (χ3n) is 3.63. The van der Waals surface area contributed by atoms with E-state index in [9.17, 15) is 0 Å². The first kappa shape index (κ1) is 15.5. The van der Waals surface area contributed by atoms with E-state index in [0.717, 1.165) is 24.2 Å². The lowest BCUT2D eigenvalue weighted by Crippen LogP contribution is -1.99. The molecule has 3 rings (SSSR count). The minimum absolute atomic E-state index is 0.444. The summed E-state index contributed by atoms with van der Waals surface area (Å²) in [7, 11) is 4.73. The standard InChI is InChI=1S/C15H18N4O3S/c1-20-11-6-9(7-12(21-2)13(11)22-3)8-16-19-14(10-4-5-10)17-18-15(19)23/h6-8,10H,4-5H2,1-3H3,(H,18,23)/b16-8-. The molecule has 23 heavy (non-hydrogen) atoms. The summed E-state index contributed by atoms with van der Waals surface area (Å²) in [5, 5.41) is 11.5. The zero-order chi connectivity index (χ0) is 16.4. The van der Waals surface area contributed by atoms with Gasteiger partial charge in [0.2, 0.25) is 10.5 Å². The average Bonchev–Trinajstić information content (AvgIpc) is 3.35. The maximum Gasteiger partial charge on any atom is 0.216 e. The van der Waals surface area contributed by atoms with Crippen molar-refractivity contribution in [3.8, 4) is 17.2 Å². The summed E-state index contributed by atoms with van der Waals surface area (Å²) in [6.45, 7) is 0. The van der Waals surface area contributed by atoms with Crippen LogP contribution in [0.3, 0.4) is 0 Å². The SMILES string of the molecule is COc1cc(/C=N\n2c(C3CC3)n[nH]c2=S)cc(OC)c1OC. The van der Waals surface area contributed by atoms with Crippen LogP contribution in [0.5, 0.6) is 17.2 Å². The van der Waals surface area contributed by atoms with E-state index in [-0.39, 0.29) is 0 Å². The fourth-order valence-corrected chi connectivity index (χ4v) is 2.51. The quantitative estimate of drug-likeness (QED) is 0.649. The van der Waals surface area contributed by atoms with Gasteiger partial charge in [0.05, 0.1) is 27.5 Å². The second kappa shape index (κ2) is 6.41. The number of benzene rings is 1. The molecule has 1 saturated carbocycles. The molecule has 7 nitrogen and oxygen atoms in total. The number of aromatic nitrogens is 3. The second-order valence-corrected chi connectivity index (χ2v) is 5.56. The van der Waals surface area contributed by atoms with Gasteiger partial charge < -0.3 is 14.2 Å². The average molecular weight is 334 g/mol. The Morgan fingerprint density at radius 3 is 2.39 bits per heavy atom. The summed E-state index contributed by atoms with van der Waals surface area (Å²) in [5.74, 6) is 3.02. The summed E-state index contributed by atoms with van der Waals surface area (Å²) in [6, 6.07) is 3.65. The van der Waals surface area contributed by atoms with Gasteiger partial charge in [-0.15, -0.1) is 0 Å². The highest BCUT2D eigenvalue weighted by Gasteiger charge is 2.29. The molecule has 1 aromatic heterocycles. The maximum absolute atomic E-state index is 5.34. The Hall–Kier alpha value is -2.35. The number of hydrogen-bond acceptors (Lipinski definition) is 6. The first-order chi connectivity index (χ1) is 11.2. The van der Waals surface area contributed by atoms with E-state index < -0.39 is 0 Å². The summed E-state index contributed by atoms with van der Waals surface area (Å²) in [6.07, 6.45) is 3.94. The first-order valence-electron chi connectivity index (χ1n) is 7.19. The van der Waals surface area contributed by atoms with E-state index in [1.807, 2.05) is 12.1 Å². The number of hydrogen-bond donors (Lipinski definition) is 1. The van der Waals surface area contributed by atoms with E-state index >= 15 is 0 Å². The number of rotatable bonds is 6. The molecule has 2 aromatic rings. The number of nitrogens with one attached hydrogen (secondary N) is 1. The lowest BCUT2D eigenvalue weighted by Gasteiger charge is -2.12. The number of methoxy groups -OCH3 is 3. The van der Waals surface area contributed by atoms with Crippen molar-refractivity contribution in [2.75, 3.05) is 21.3 Å². The Morgan fingerprint density at radius 2 is 1.87 bits per heavy atom. The van der Waals surface area contributed by atoms with Gasteiger partial charge >= 0.3 is 0 Å². The monoisotopic (exact) mass is 334 g/mol. The van der Waals surface area contributed by atoms with Crippen LogP contribution in [0.2, 0.25) is 0 Å². The van der Waals surface area contributed by atoms with Crippen LogP contribution >= 0.6 is 12.2 Å². The fraction of sp³-hybridized carbons (Fsp3) is 0.400. The van der Waals surface area contributed by atoms with Crippen LogP contribution in [0.4, 0.5) is 0 Å². The molecule has 122 valence electrons. The predicted octanol–water partition coefficient (Wildman–Crippen LogP) is 2.73. The largest absolute Gasteiger partial charge is 0.493 e. The molecule has 1 aliphatic rings. The molecule has 0 saturated heterocycles.